The smallest absolute Gasteiger partial charge is 0.416 e. The number of alkyl halides is 3. The molecule has 0 radical (unpaired) electrons. The Kier molecular flexibility index (Phi) is 6.55. The van der Waals surface area contributed by atoms with Crippen LogP contribution in [0.15, 0.2) is 76.4 Å². The molecule has 0 bridgehead atoms. The number of amides is 2. The van der Waals surface area contributed by atoms with E-state index in [0.29, 0.717) is 5.56 Å². The Labute approximate surface area is 221 Å². The van der Waals surface area contributed by atoms with Crippen LogP contribution in [0.3, 0.4) is 0 Å². The highest BCUT2D eigenvalue weighted by atomic mass is 19.4. The molecule has 11 heteroatoms. The number of nitrogens with one attached hydrogen (secondary N) is 1. The number of rotatable bonds is 7. The molecule has 2 aliphatic rings. The summed E-state index contributed by atoms with van der Waals surface area (Å²) in [6, 6.07) is 13.0. The molecule has 5 rings (SSSR count). The van der Waals surface area contributed by atoms with Crippen molar-refractivity contribution in [3.63, 3.8) is 0 Å². The fourth-order valence-corrected chi connectivity index (χ4v) is 4.89. The fourth-order valence-electron chi connectivity index (χ4n) is 4.89. The number of allylic oxidation sites excluding steroid dienone is 1. The topological polar surface area (TPSA) is 113 Å². The molecule has 2 atom stereocenters. The monoisotopic (exact) mass is 539 g/mol. The van der Waals surface area contributed by atoms with Gasteiger partial charge >= 0.3 is 18.2 Å². The molecule has 1 aromatic heterocycles. The van der Waals surface area contributed by atoms with Gasteiger partial charge in [0.15, 0.2) is 5.78 Å². The van der Waals surface area contributed by atoms with Gasteiger partial charge in [-0.3, -0.25) is 9.69 Å². The number of urea groups is 1. The molecule has 39 heavy (non-hydrogen) atoms. The summed E-state index contributed by atoms with van der Waals surface area (Å²) < 4.78 is 45.9. The molecule has 3 heterocycles. The lowest BCUT2D eigenvalue weighted by molar-refractivity contribution is -0.137. The standard InChI is InChI=1S/C28H24F3N3O5/c1-15-24(16(2)35)25(18-8-6-17(7-9-18)22-13-32-22)33(14-21-10-11-23(39-21)26(36)37)27(38)34(15)20-5-3-4-19(12-20)28(29,30)31/h3-12,22,25,32H,13-14H2,1-2H3,(H,36,37)/t22?,25-/m1/s1. The van der Waals surface area contributed by atoms with Gasteiger partial charge in [0.2, 0.25) is 5.76 Å². The van der Waals surface area contributed by atoms with Crippen molar-refractivity contribution in [2.45, 2.75) is 38.7 Å². The maximum Gasteiger partial charge on any atom is 0.416 e. The van der Waals surface area contributed by atoms with E-state index in [4.69, 9.17) is 4.42 Å². The van der Waals surface area contributed by atoms with E-state index in [-0.39, 0.29) is 46.8 Å². The highest BCUT2D eigenvalue weighted by molar-refractivity contribution is 6.04. The second-order valence-electron chi connectivity index (χ2n) is 9.45. The SMILES string of the molecule is CC(=O)C1=C(C)N(c2cccc(C(F)(F)F)c2)C(=O)N(Cc2ccc(C(=O)O)o2)[C@@H]1c1ccc(C2CN2)cc1. The van der Waals surface area contributed by atoms with E-state index in [2.05, 4.69) is 5.32 Å². The molecule has 0 spiro atoms. The molecule has 0 saturated carbocycles. The Hall–Kier alpha value is -4.38. The quantitative estimate of drug-likeness (QED) is 0.373. The van der Waals surface area contributed by atoms with Crippen molar-refractivity contribution in [1.29, 1.82) is 0 Å². The number of aromatic carboxylic acids is 1. The van der Waals surface area contributed by atoms with Crippen molar-refractivity contribution in [3.8, 4) is 0 Å². The van der Waals surface area contributed by atoms with Crippen molar-refractivity contribution in [2.75, 3.05) is 11.4 Å². The van der Waals surface area contributed by atoms with E-state index in [1.807, 2.05) is 12.1 Å². The van der Waals surface area contributed by atoms with Gasteiger partial charge in [0.05, 0.1) is 23.8 Å². The summed E-state index contributed by atoms with van der Waals surface area (Å²) in [6.45, 7) is 3.48. The van der Waals surface area contributed by atoms with Crippen LogP contribution in [0.5, 0.6) is 0 Å². The first-order valence-electron chi connectivity index (χ1n) is 12.1. The summed E-state index contributed by atoms with van der Waals surface area (Å²) in [5.41, 5.74) is 1.07. The molecular weight excluding hydrogens is 515 g/mol. The molecule has 2 aromatic carbocycles. The molecule has 8 nitrogen and oxygen atoms in total. The Bertz CT molecular complexity index is 1490. The van der Waals surface area contributed by atoms with Crippen LogP contribution in [-0.2, 0) is 17.5 Å². The van der Waals surface area contributed by atoms with E-state index in [9.17, 15) is 32.7 Å². The summed E-state index contributed by atoms with van der Waals surface area (Å²) in [6.07, 6.45) is -4.64. The molecule has 1 unspecified atom stereocenters. The second kappa shape index (κ2) is 9.73. The predicted octanol–water partition coefficient (Wildman–Crippen LogP) is 5.69. The maximum atomic E-state index is 14.0. The van der Waals surface area contributed by atoms with Crippen molar-refractivity contribution >= 4 is 23.5 Å². The molecule has 1 fully saturated rings. The third kappa shape index (κ3) is 5.05. The minimum Gasteiger partial charge on any atom is -0.475 e. The first-order chi connectivity index (χ1) is 18.5. The summed E-state index contributed by atoms with van der Waals surface area (Å²) in [4.78, 5) is 40.8. The molecule has 2 amide bonds. The van der Waals surface area contributed by atoms with Crippen LogP contribution >= 0.6 is 0 Å². The van der Waals surface area contributed by atoms with E-state index < -0.39 is 29.8 Å². The number of Topliss-reactive ketones (excluding diaryl/α,β-unsaturated/α-hetero) is 1. The molecule has 0 aliphatic carbocycles. The number of ketones is 1. The van der Waals surface area contributed by atoms with Gasteiger partial charge in [-0.05, 0) is 55.3 Å². The zero-order valence-corrected chi connectivity index (χ0v) is 21.0. The molecule has 202 valence electrons. The number of hydrogen-bond donors (Lipinski definition) is 2. The number of furan rings is 1. The van der Waals surface area contributed by atoms with Crippen LogP contribution in [0.4, 0.5) is 23.7 Å². The zero-order chi connectivity index (χ0) is 28.1. The second-order valence-corrected chi connectivity index (χ2v) is 9.45. The average molecular weight is 540 g/mol. The number of carboxylic acids is 1. The van der Waals surface area contributed by atoms with Gasteiger partial charge < -0.3 is 19.7 Å². The third-order valence-corrected chi connectivity index (χ3v) is 6.82. The number of carbonyl (C=O) groups is 3. The molecular formula is C28H24F3N3O5. The minimum atomic E-state index is -4.64. The van der Waals surface area contributed by atoms with Gasteiger partial charge in [-0.25, -0.2) is 9.59 Å². The maximum absolute atomic E-state index is 14.0. The van der Waals surface area contributed by atoms with E-state index >= 15 is 0 Å². The van der Waals surface area contributed by atoms with E-state index in [1.54, 1.807) is 12.1 Å². The number of anilines is 1. The van der Waals surface area contributed by atoms with Crippen molar-refractivity contribution in [2.24, 2.45) is 0 Å². The highest BCUT2D eigenvalue weighted by Crippen LogP contribution is 2.42. The number of benzene rings is 2. The van der Waals surface area contributed by atoms with Gasteiger partial charge in [0.1, 0.15) is 5.76 Å². The number of nitrogens with zero attached hydrogens (tertiary/aromatic N) is 2. The van der Waals surface area contributed by atoms with Crippen molar-refractivity contribution in [3.05, 3.63) is 100 Å². The number of carboxylic acid groups (broad SMARTS) is 1. The molecule has 2 N–H and O–H groups in total. The number of halogens is 3. The highest BCUT2D eigenvalue weighted by Gasteiger charge is 2.42. The van der Waals surface area contributed by atoms with Gasteiger partial charge in [0.25, 0.3) is 0 Å². The predicted molar refractivity (Wildman–Crippen MR) is 134 cm³/mol. The number of carbonyl (C=O) groups excluding carboxylic acids is 2. The van der Waals surface area contributed by atoms with Gasteiger partial charge in [-0.2, -0.15) is 13.2 Å². The Morgan fingerprint density at radius 2 is 1.74 bits per heavy atom. The largest absolute Gasteiger partial charge is 0.475 e. The summed E-state index contributed by atoms with van der Waals surface area (Å²) in [5.74, 6) is -1.86. The first kappa shape index (κ1) is 26.2. The van der Waals surface area contributed by atoms with Crippen LogP contribution in [0, 0.1) is 0 Å². The van der Waals surface area contributed by atoms with Gasteiger partial charge in [-0.1, -0.05) is 30.3 Å². The van der Waals surface area contributed by atoms with Gasteiger partial charge in [0, 0.05) is 23.9 Å². The van der Waals surface area contributed by atoms with Crippen LogP contribution in [-0.4, -0.2) is 34.3 Å². The molecule has 1 saturated heterocycles. The van der Waals surface area contributed by atoms with E-state index in [1.165, 1.54) is 43.0 Å². The normalized spacial score (nSPS) is 19.5. The lowest BCUT2D eigenvalue weighted by atomic mass is 9.89. The first-order valence-corrected chi connectivity index (χ1v) is 12.1. The Balaban J connectivity index is 1.65. The Morgan fingerprint density at radius 1 is 1.08 bits per heavy atom. The van der Waals surface area contributed by atoms with Crippen LogP contribution in [0.1, 0.15) is 58.9 Å². The fraction of sp³-hybridized carbons (Fsp3) is 0.250. The lowest BCUT2D eigenvalue weighted by Gasteiger charge is -2.43. The zero-order valence-electron chi connectivity index (χ0n) is 21.0. The van der Waals surface area contributed by atoms with Crippen molar-refractivity contribution in [1.82, 2.24) is 10.2 Å². The van der Waals surface area contributed by atoms with Gasteiger partial charge in [-0.15, -0.1) is 0 Å². The van der Waals surface area contributed by atoms with Crippen molar-refractivity contribution < 1.29 is 37.1 Å². The van der Waals surface area contributed by atoms with Crippen LogP contribution in [0.2, 0.25) is 0 Å². The summed E-state index contributed by atoms with van der Waals surface area (Å²) >= 11 is 0. The Morgan fingerprint density at radius 3 is 2.31 bits per heavy atom. The number of hydrogen-bond acceptors (Lipinski definition) is 5. The van der Waals surface area contributed by atoms with E-state index in [0.717, 1.165) is 29.1 Å². The average Bonchev–Trinajstić information content (AvgIpc) is 3.62. The molecule has 2 aliphatic heterocycles. The third-order valence-electron chi connectivity index (χ3n) is 6.82. The lowest BCUT2D eigenvalue weighted by Crippen LogP contribution is -2.50. The minimum absolute atomic E-state index is 0.0599. The summed E-state index contributed by atoms with van der Waals surface area (Å²) in [5, 5.41) is 12.5. The summed E-state index contributed by atoms with van der Waals surface area (Å²) in [7, 11) is 0. The molecule has 3 aromatic rings. The van der Waals surface area contributed by atoms with Crippen LogP contribution < -0.4 is 10.2 Å². The van der Waals surface area contributed by atoms with Crippen LogP contribution in [0.25, 0.3) is 0 Å².